The van der Waals surface area contributed by atoms with Gasteiger partial charge in [0, 0.05) is 31.1 Å². The lowest BCUT2D eigenvalue weighted by Gasteiger charge is -2.31. The number of piperidine rings is 1. The van der Waals surface area contributed by atoms with E-state index in [0.717, 1.165) is 31.2 Å². The maximum atomic E-state index is 13.4. The first kappa shape index (κ1) is 17.7. The molecule has 3 fully saturated rings. The number of amides is 1. The van der Waals surface area contributed by atoms with Gasteiger partial charge in [0.05, 0.1) is 0 Å². The molecule has 2 unspecified atom stereocenters. The largest absolute Gasteiger partial charge is 0.335 e. The zero-order valence-electron chi connectivity index (χ0n) is 13.9. The van der Waals surface area contributed by atoms with Crippen molar-refractivity contribution in [2.45, 2.75) is 69.6 Å². The molecule has 1 saturated carbocycles. The Morgan fingerprint density at radius 2 is 1.88 bits per heavy atom. The normalized spacial score (nSPS) is 28.3. The van der Waals surface area contributed by atoms with E-state index < -0.39 is 0 Å². The highest BCUT2D eigenvalue weighted by Gasteiger charge is 2.37. The zero-order valence-corrected chi connectivity index (χ0v) is 14.7. The molecule has 132 valence electrons. The van der Waals surface area contributed by atoms with Crippen molar-refractivity contribution in [3.05, 3.63) is 35.6 Å². The summed E-state index contributed by atoms with van der Waals surface area (Å²) >= 11 is 0. The number of rotatable bonds is 5. The number of hydrogen-bond acceptors (Lipinski definition) is 2. The molecule has 5 heteroatoms. The molecule has 1 aromatic rings. The predicted octanol–water partition coefficient (Wildman–Crippen LogP) is 3.66. The highest BCUT2D eigenvalue weighted by Crippen LogP contribution is 2.35. The van der Waals surface area contributed by atoms with Crippen LogP contribution in [-0.4, -0.2) is 28.9 Å². The van der Waals surface area contributed by atoms with Crippen LogP contribution in [0.4, 0.5) is 4.39 Å². The van der Waals surface area contributed by atoms with Gasteiger partial charge in [0.1, 0.15) is 5.82 Å². The van der Waals surface area contributed by atoms with E-state index in [0.29, 0.717) is 37.0 Å². The van der Waals surface area contributed by atoms with E-state index in [4.69, 9.17) is 0 Å². The molecular weight excluding hydrogens is 327 g/mol. The van der Waals surface area contributed by atoms with E-state index in [1.165, 1.54) is 18.9 Å². The first-order valence-corrected chi connectivity index (χ1v) is 8.97. The van der Waals surface area contributed by atoms with Crippen LogP contribution in [-0.2, 0) is 11.3 Å². The first-order chi connectivity index (χ1) is 11.2. The number of carbonyl (C=O) groups is 1. The summed E-state index contributed by atoms with van der Waals surface area (Å²) in [4.78, 5) is 14.8. The average Bonchev–Trinajstić information content (AvgIpc) is 3.30. The van der Waals surface area contributed by atoms with Gasteiger partial charge in [-0.2, -0.15) is 0 Å². The standard InChI is InChI=1S/C19H25FN2O.ClH/c20-15-3-1-2-13(8-15)12-22(18-6-7-18)19(23)11-14-9-16-4-5-17(10-14)21-16;/h1-3,8,14,16-18,21H,4-7,9-12H2;1H. The van der Waals surface area contributed by atoms with Gasteiger partial charge in [-0.1, -0.05) is 12.1 Å². The SMILES string of the molecule is Cl.O=C(CC1CC2CCC(C1)N2)N(Cc1cccc(F)c1)C1CC1. The summed E-state index contributed by atoms with van der Waals surface area (Å²) in [5, 5.41) is 3.64. The van der Waals surface area contributed by atoms with Crippen LogP contribution in [0.3, 0.4) is 0 Å². The predicted molar refractivity (Wildman–Crippen MR) is 94.5 cm³/mol. The summed E-state index contributed by atoms with van der Waals surface area (Å²) < 4.78 is 13.4. The van der Waals surface area contributed by atoms with Gasteiger partial charge < -0.3 is 10.2 Å². The maximum Gasteiger partial charge on any atom is 0.223 e. The van der Waals surface area contributed by atoms with Crippen LogP contribution < -0.4 is 5.32 Å². The molecule has 4 rings (SSSR count). The van der Waals surface area contributed by atoms with Gasteiger partial charge in [-0.3, -0.25) is 4.79 Å². The Labute approximate surface area is 149 Å². The minimum Gasteiger partial charge on any atom is -0.335 e. The zero-order chi connectivity index (χ0) is 15.8. The smallest absolute Gasteiger partial charge is 0.223 e. The molecule has 1 aliphatic carbocycles. The van der Waals surface area contributed by atoms with E-state index in [2.05, 4.69) is 5.32 Å². The third-order valence-corrected chi connectivity index (χ3v) is 5.58. The summed E-state index contributed by atoms with van der Waals surface area (Å²) in [5.41, 5.74) is 0.899. The van der Waals surface area contributed by atoms with Gasteiger partial charge in [-0.25, -0.2) is 4.39 Å². The van der Waals surface area contributed by atoms with Crippen molar-refractivity contribution in [1.29, 1.82) is 0 Å². The quantitative estimate of drug-likeness (QED) is 0.877. The van der Waals surface area contributed by atoms with Gasteiger partial charge in [-0.05, 0) is 62.1 Å². The molecule has 2 bridgehead atoms. The van der Waals surface area contributed by atoms with Crippen molar-refractivity contribution < 1.29 is 9.18 Å². The topological polar surface area (TPSA) is 32.3 Å². The summed E-state index contributed by atoms with van der Waals surface area (Å²) in [6.45, 7) is 0.555. The van der Waals surface area contributed by atoms with Crippen LogP contribution in [0.2, 0.25) is 0 Å². The molecule has 2 heterocycles. The van der Waals surface area contributed by atoms with Crippen molar-refractivity contribution in [2.75, 3.05) is 0 Å². The molecule has 2 atom stereocenters. The lowest BCUT2D eigenvalue weighted by molar-refractivity contribution is -0.133. The van der Waals surface area contributed by atoms with Gasteiger partial charge in [0.25, 0.3) is 0 Å². The second-order valence-corrected chi connectivity index (χ2v) is 7.56. The van der Waals surface area contributed by atoms with Crippen LogP contribution in [0, 0.1) is 11.7 Å². The van der Waals surface area contributed by atoms with E-state index >= 15 is 0 Å². The Morgan fingerprint density at radius 1 is 1.17 bits per heavy atom. The molecule has 0 spiro atoms. The molecule has 1 aromatic carbocycles. The van der Waals surface area contributed by atoms with E-state index in [1.54, 1.807) is 12.1 Å². The van der Waals surface area contributed by atoms with E-state index in [9.17, 15) is 9.18 Å². The number of hydrogen-bond donors (Lipinski definition) is 1. The summed E-state index contributed by atoms with van der Waals surface area (Å²) in [5.74, 6) is 0.568. The Bertz CT molecular complexity index is 580. The first-order valence-electron chi connectivity index (χ1n) is 8.97. The second kappa shape index (κ2) is 7.40. The Hall–Kier alpha value is -1.13. The number of carbonyl (C=O) groups excluding carboxylic acids is 1. The summed E-state index contributed by atoms with van der Waals surface area (Å²) in [7, 11) is 0. The monoisotopic (exact) mass is 352 g/mol. The van der Waals surface area contributed by atoms with Crippen molar-refractivity contribution >= 4 is 18.3 Å². The van der Waals surface area contributed by atoms with Crippen molar-refractivity contribution in [2.24, 2.45) is 5.92 Å². The molecule has 2 saturated heterocycles. The molecule has 1 amide bonds. The number of benzene rings is 1. The molecule has 24 heavy (non-hydrogen) atoms. The molecule has 3 aliphatic rings. The van der Waals surface area contributed by atoms with Gasteiger partial charge in [-0.15, -0.1) is 12.4 Å². The van der Waals surface area contributed by atoms with Crippen LogP contribution in [0.1, 0.15) is 50.5 Å². The van der Waals surface area contributed by atoms with Crippen LogP contribution >= 0.6 is 12.4 Å². The van der Waals surface area contributed by atoms with Crippen LogP contribution in [0.25, 0.3) is 0 Å². The fourth-order valence-corrected chi connectivity index (χ4v) is 4.35. The van der Waals surface area contributed by atoms with Crippen molar-refractivity contribution in [3.8, 4) is 0 Å². The Kier molecular flexibility index (Phi) is 5.46. The number of nitrogens with one attached hydrogen (secondary N) is 1. The number of halogens is 2. The van der Waals surface area contributed by atoms with E-state index in [1.807, 2.05) is 11.0 Å². The summed E-state index contributed by atoms with van der Waals surface area (Å²) in [6, 6.07) is 8.28. The lowest BCUT2D eigenvalue weighted by Crippen LogP contribution is -2.40. The molecule has 3 nitrogen and oxygen atoms in total. The second-order valence-electron chi connectivity index (χ2n) is 7.56. The number of nitrogens with zero attached hydrogens (tertiary/aromatic N) is 1. The fraction of sp³-hybridized carbons (Fsp3) is 0.632. The lowest BCUT2D eigenvalue weighted by atomic mass is 9.89. The molecular formula is C19H26ClFN2O. The van der Waals surface area contributed by atoms with Crippen LogP contribution in [0.5, 0.6) is 0 Å². The van der Waals surface area contributed by atoms with Crippen molar-refractivity contribution in [1.82, 2.24) is 10.2 Å². The third-order valence-electron chi connectivity index (χ3n) is 5.58. The third kappa shape index (κ3) is 4.09. The minimum atomic E-state index is -0.222. The summed E-state index contributed by atoms with van der Waals surface area (Å²) in [6.07, 6.45) is 7.68. The van der Waals surface area contributed by atoms with Crippen molar-refractivity contribution in [3.63, 3.8) is 0 Å². The average molecular weight is 353 g/mol. The van der Waals surface area contributed by atoms with E-state index in [-0.39, 0.29) is 24.1 Å². The number of fused-ring (bicyclic) bond motifs is 2. The Balaban J connectivity index is 0.00000169. The molecule has 0 aromatic heterocycles. The van der Waals surface area contributed by atoms with Crippen LogP contribution in [0.15, 0.2) is 24.3 Å². The van der Waals surface area contributed by atoms with Gasteiger partial charge in [0.15, 0.2) is 0 Å². The Morgan fingerprint density at radius 3 is 2.50 bits per heavy atom. The maximum absolute atomic E-state index is 13.4. The van der Waals surface area contributed by atoms with Gasteiger partial charge >= 0.3 is 0 Å². The highest BCUT2D eigenvalue weighted by molar-refractivity contribution is 5.85. The molecule has 2 aliphatic heterocycles. The highest BCUT2D eigenvalue weighted by atomic mass is 35.5. The van der Waals surface area contributed by atoms with Gasteiger partial charge in [0.2, 0.25) is 5.91 Å². The minimum absolute atomic E-state index is 0. The molecule has 0 radical (unpaired) electrons. The molecule has 1 N–H and O–H groups in total. The fourth-order valence-electron chi connectivity index (χ4n) is 4.35.